The summed E-state index contributed by atoms with van der Waals surface area (Å²) in [5.74, 6) is 0. The lowest BCUT2D eigenvalue weighted by atomic mass is 10.5. The van der Waals surface area contributed by atoms with Gasteiger partial charge in [-0.15, -0.1) is 0 Å². The zero-order valence-corrected chi connectivity index (χ0v) is 6.91. The number of fused-ring (bicyclic) bond motifs is 1. The summed E-state index contributed by atoms with van der Waals surface area (Å²) in [5, 5.41) is 0. The highest BCUT2D eigenvalue weighted by molar-refractivity contribution is 5.10. The van der Waals surface area contributed by atoms with Crippen LogP contribution in [0.5, 0.6) is 6.01 Å². The number of hydrogen-bond acceptors (Lipinski definition) is 4. The molecule has 0 saturated heterocycles. The average molecular weight is 169 g/mol. The summed E-state index contributed by atoms with van der Waals surface area (Å²) in [5.41, 5.74) is 3.66. The molecule has 0 bridgehead atoms. The molecule has 2 rings (SSSR count). The minimum atomic E-state index is 0.611. The lowest BCUT2D eigenvalue weighted by Gasteiger charge is -1.96. The third kappa shape index (κ3) is 1.28. The van der Waals surface area contributed by atoms with E-state index in [1.165, 1.54) is 0 Å². The number of ether oxygens (including phenoxy) is 1. The second kappa shape index (κ2) is 3.12. The second-order valence-corrected chi connectivity index (χ2v) is 2.58. The number of rotatable bonds is 3. The van der Waals surface area contributed by atoms with E-state index >= 15 is 0 Å². The fraction of sp³-hybridized carbons (Fsp3) is 0.571. The Labute approximate surface area is 70.3 Å². The van der Waals surface area contributed by atoms with E-state index in [0.29, 0.717) is 12.6 Å². The van der Waals surface area contributed by atoms with E-state index in [-0.39, 0.29) is 0 Å². The molecule has 1 aromatic rings. The van der Waals surface area contributed by atoms with Crippen molar-refractivity contribution in [3.05, 3.63) is 11.9 Å². The van der Waals surface area contributed by atoms with Gasteiger partial charge in [0.05, 0.1) is 25.9 Å². The van der Waals surface area contributed by atoms with Crippen LogP contribution in [0.25, 0.3) is 0 Å². The van der Waals surface area contributed by atoms with Crippen molar-refractivity contribution in [2.24, 2.45) is 0 Å². The molecule has 2 heterocycles. The fourth-order valence-electron chi connectivity index (χ4n) is 1.19. The Bertz CT molecular complexity index is 250. The van der Waals surface area contributed by atoms with Crippen molar-refractivity contribution in [3.63, 3.8) is 0 Å². The molecule has 0 aromatic carbocycles. The van der Waals surface area contributed by atoms with Crippen molar-refractivity contribution in [1.29, 1.82) is 0 Å². The van der Waals surface area contributed by atoms with Crippen LogP contribution in [-0.2, 0) is 17.9 Å². The molecule has 0 atom stereocenters. The first-order chi connectivity index (χ1) is 5.90. The van der Waals surface area contributed by atoms with E-state index in [4.69, 9.17) is 9.57 Å². The van der Waals surface area contributed by atoms with Gasteiger partial charge in [-0.2, -0.15) is 10.5 Å². The second-order valence-electron chi connectivity index (χ2n) is 2.58. The van der Waals surface area contributed by atoms with Gasteiger partial charge in [-0.05, 0) is 0 Å². The molecule has 0 radical (unpaired) electrons. The molecule has 0 spiro atoms. The first-order valence-electron chi connectivity index (χ1n) is 3.85. The first-order valence-corrected chi connectivity index (χ1v) is 3.85. The van der Waals surface area contributed by atoms with E-state index in [1.54, 1.807) is 7.11 Å². The van der Waals surface area contributed by atoms with Crippen LogP contribution < -0.4 is 10.2 Å². The third-order valence-corrected chi connectivity index (χ3v) is 1.75. The van der Waals surface area contributed by atoms with Crippen LogP contribution in [0.2, 0.25) is 0 Å². The summed E-state index contributed by atoms with van der Waals surface area (Å²) < 4.78 is 7.24. The summed E-state index contributed by atoms with van der Waals surface area (Å²) >= 11 is 0. The molecule has 12 heavy (non-hydrogen) atoms. The quantitative estimate of drug-likeness (QED) is 0.643. The number of aromatic nitrogens is 2. The van der Waals surface area contributed by atoms with Crippen LogP contribution in [0.15, 0.2) is 6.20 Å². The number of nitrogens with zero attached hydrogens (tertiary/aromatic N) is 2. The normalized spacial score (nSPS) is 14.4. The van der Waals surface area contributed by atoms with E-state index in [1.807, 2.05) is 10.8 Å². The van der Waals surface area contributed by atoms with Gasteiger partial charge in [0, 0.05) is 6.20 Å². The highest BCUT2D eigenvalue weighted by atomic mass is 16.6. The Hall–Kier alpha value is -1.07. The molecule has 0 amide bonds. The standard InChI is InChI=1S/C7H11N3O2/c1-11-8-4-6-5-10-2-3-12-7(10)9-6/h5,8H,2-4H2,1H3. The Balaban J connectivity index is 2.05. The largest absolute Gasteiger partial charge is 0.463 e. The van der Waals surface area contributed by atoms with Gasteiger partial charge in [-0.1, -0.05) is 0 Å². The smallest absolute Gasteiger partial charge is 0.296 e. The summed E-state index contributed by atoms with van der Waals surface area (Å²) in [6.07, 6.45) is 1.97. The van der Waals surface area contributed by atoms with Crippen molar-refractivity contribution in [3.8, 4) is 6.01 Å². The molecule has 1 aromatic heterocycles. The monoisotopic (exact) mass is 169 g/mol. The Morgan fingerprint density at radius 3 is 3.50 bits per heavy atom. The first kappa shape index (κ1) is 7.57. The molecule has 5 nitrogen and oxygen atoms in total. The van der Waals surface area contributed by atoms with Gasteiger partial charge in [0.2, 0.25) is 0 Å². The molecule has 1 aliphatic heterocycles. The zero-order valence-electron chi connectivity index (χ0n) is 6.91. The summed E-state index contributed by atoms with van der Waals surface area (Å²) in [4.78, 5) is 8.93. The van der Waals surface area contributed by atoms with Crippen molar-refractivity contribution in [2.45, 2.75) is 13.1 Å². The zero-order chi connectivity index (χ0) is 8.39. The SMILES string of the molecule is CONCc1cn2c(n1)OCC2. The van der Waals surface area contributed by atoms with Gasteiger partial charge in [-0.3, -0.25) is 4.57 Å². The van der Waals surface area contributed by atoms with Crippen molar-refractivity contribution < 1.29 is 9.57 Å². The lowest BCUT2D eigenvalue weighted by molar-refractivity contribution is 0.0858. The topological polar surface area (TPSA) is 48.3 Å². The molecule has 1 aliphatic rings. The van der Waals surface area contributed by atoms with Crippen LogP contribution in [0.3, 0.4) is 0 Å². The predicted octanol–water partition coefficient (Wildman–Crippen LogP) is -0.0735. The molecule has 1 N–H and O–H groups in total. The Morgan fingerprint density at radius 1 is 1.83 bits per heavy atom. The lowest BCUT2D eigenvalue weighted by Crippen LogP contribution is -2.11. The number of nitrogens with one attached hydrogen (secondary N) is 1. The van der Waals surface area contributed by atoms with E-state index in [2.05, 4.69) is 10.5 Å². The number of hydrogen-bond donors (Lipinski definition) is 1. The molecule has 0 saturated carbocycles. The van der Waals surface area contributed by atoms with Crippen LogP contribution in [-0.4, -0.2) is 23.3 Å². The molecule has 66 valence electrons. The molecule has 0 aliphatic carbocycles. The summed E-state index contributed by atoms with van der Waals surface area (Å²) in [6.45, 7) is 2.25. The van der Waals surface area contributed by atoms with Gasteiger partial charge in [0.25, 0.3) is 6.01 Å². The Kier molecular flexibility index (Phi) is 1.97. The predicted molar refractivity (Wildman–Crippen MR) is 41.6 cm³/mol. The van der Waals surface area contributed by atoms with Crippen molar-refractivity contribution in [2.75, 3.05) is 13.7 Å². The molecule has 0 fully saturated rings. The highest BCUT2D eigenvalue weighted by Crippen LogP contribution is 2.16. The minimum absolute atomic E-state index is 0.611. The number of imidazole rings is 1. The minimum Gasteiger partial charge on any atom is -0.463 e. The maximum absolute atomic E-state index is 5.24. The van der Waals surface area contributed by atoms with Gasteiger partial charge in [-0.25, -0.2) is 0 Å². The van der Waals surface area contributed by atoms with E-state index in [9.17, 15) is 0 Å². The average Bonchev–Trinajstić information content (AvgIpc) is 2.58. The maximum Gasteiger partial charge on any atom is 0.296 e. The van der Waals surface area contributed by atoms with Gasteiger partial charge >= 0.3 is 0 Å². The van der Waals surface area contributed by atoms with Crippen LogP contribution in [0.4, 0.5) is 0 Å². The molecule has 0 unspecified atom stereocenters. The van der Waals surface area contributed by atoms with Gasteiger partial charge in [0.15, 0.2) is 0 Å². The molecular weight excluding hydrogens is 158 g/mol. The summed E-state index contributed by atoms with van der Waals surface area (Å²) in [6, 6.07) is 0.711. The van der Waals surface area contributed by atoms with Gasteiger partial charge in [0.1, 0.15) is 6.61 Å². The molecular formula is C7H11N3O2. The summed E-state index contributed by atoms with van der Waals surface area (Å²) in [7, 11) is 1.58. The van der Waals surface area contributed by atoms with Crippen molar-refractivity contribution >= 4 is 0 Å². The van der Waals surface area contributed by atoms with E-state index in [0.717, 1.165) is 18.8 Å². The molecule has 5 heteroatoms. The van der Waals surface area contributed by atoms with Crippen molar-refractivity contribution in [1.82, 2.24) is 15.0 Å². The Morgan fingerprint density at radius 2 is 2.75 bits per heavy atom. The maximum atomic E-state index is 5.24. The van der Waals surface area contributed by atoms with Crippen LogP contribution >= 0.6 is 0 Å². The fourth-order valence-corrected chi connectivity index (χ4v) is 1.19. The van der Waals surface area contributed by atoms with Gasteiger partial charge < -0.3 is 9.57 Å². The van der Waals surface area contributed by atoms with E-state index < -0.39 is 0 Å². The highest BCUT2D eigenvalue weighted by Gasteiger charge is 2.14. The van der Waals surface area contributed by atoms with Crippen LogP contribution in [0, 0.1) is 0 Å². The number of hydroxylamine groups is 1. The van der Waals surface area contributed by atoms with Crippen LogP contribution in [0.1, 0.15) is 5.69 Å². The third-order valence-electron chi connectivity index (χ3n) is 1.75.